The maximum atomic E-state index is 8.91. The van der Waals surface area contributed by atoms with Gasteiger partial charge in [-0.25, -0.2) is 0 Å². The van der Waals surface area contributed by atoms with Crippen molar-refractivity contribution in [2.75, 3.05) is 0 Å². The summed E-state index contributed by atoms with van der Waals surface area (Å²) in [7, 11) is 0. The third-order valence-electron chi connectivity index (χ3n) is 2.65. The van der Waals surface area contributed by atoms with Crippen molar-refractivity contribution in [3.63, 3.8) is 0 Å². The fraction of sp³-hybridized carbons (Fsp3) is 0.286. The molecule has 0 amide bonds. The molecule has 0 saturated carbocycles. The second kappa shape index (κ2) is 4.01. The maximum Gasteiger partial charge on any atom is 0.0992 e. The van der Waals surface area contributed by atoms with E-state index in [1.165, 1.54) is 0 Å². The molecule has 3 heteroatoms. The lowest BCUT2D eigenvalue weighted by atomic mass is 9.91. The lowest BCUT2D eigenvalue weighted by molar-refractivity contribution is 0.571. The zero-order chi connectivity index (χ0) is 12.6. The average molecular weight is 245 g/mol. The standard InChI is InChI=1S/C14H13ClN2/c1-14(2,3)13-5-4-10-11(15)6-9(8-16)7-12(10)17-13/h4-7H,1-3H3. The van der Waals surface area contributed by atoms with Crippen molar-refractivity contribution in [2.45, 2.75) is 26.2 Å². The van der Waals surface area contributed by atoms with Gasteiger partial charge in [-0.2, -0.15) is 5.26 Å². The largest absolute Gasteiger partial charge is 0.252 e. The molecule has 0 atom stereocenters. The first-order chi connectivity index (χ1) is 7.91. The zero-order valence-corrected chi connectivity index (χ0v) is 10.8. The molecule has 0 spiro atoms. The third-order valence-corrected chi connectivity index (χ3v) is 2.97. The van der Waals surface area contributed by atoms with Gasteiger partial charge >= 0.3 is 0 Å². The first-order valence-corrected chi connectivity index (χ1v) is 5.80. The molecule has 0 bridgehead atoms. The molecular weight excluding hydrogens is 232 g/mol. The number of rotatable bonds is 0. The van der Waals surface area contributed by atoms with Crippen LogP contribution < -0.4 is 0 Å². The quantitative estimate of drug-likeness (QED) is 0.701. The van der Waals surface area contributed by atoms with Gasteiger partial charge in [-0.15, -0.1) is 0 Å². The zero-order valence-electron chi connectivity index (χ0n) is 10.1. The molecule has 2 nitrogen and oxygen atoms in total. The molecule has 2 rings (SSSR count). The third kappa shape index (κ3) is 2.25. The lowest BCUT2D eigenvalue weighted by Gasteiger charge is -2.18. The molecule has 0 radical (unpaired) electrons. The Morgan fingerprint density at radius 3 is 2.53 bits per heavy atom. The van der Waals surface area contributed by atoms with E-state index in [2.05, 4.69) is 31.8 Å². The molecule has 2 aromatic rings. The maximum absolute atomic E-state index is 8.91. The summed E-state index contributed by atoms with van der Waals surface area (Å²) < 4.78 is 0. The second-order valence-corrected chi connectivity index (χ2v) is 5.49. The Kier molecular flexibility index (Phi) is 2.81. The van der Waals surface area contributed by atoms with Gasteiger partial charge in [0.1, 0.15) is 0 Å². The summed E-state index contributed by atoms with van der Waals surface area (Å²) in [5.41, 5.74) is 2.31. The van der Waals surface area contributed by atoms with Crippen LogP contribution in [0.3, 0.4) is 0 Å². The molecule has 0 aliphatic heterocycles. The normalized spacial score (nSPS) is 11.5. The fourth-order valence-corrected chi connectivity index (χ4v) is 1.95. The number of aromatic nitrogens is 1. The van der Waals surface area contributed by atoms with Gasteiger partial charge in [-0.05, 0) is 24.3 Å². The van der Waals surface area contributed by atoms with Crippen LogP contribution in [0.5, 0.6) is 0 Å². The van der Waals surface area contributed by atoms with E-state index < -0.39 is 0 Å². The van der Waals surface area contributed by atoms with E-state index in [-0.39, 0.29) is 5.41 Å². The minimum atomic E-state index is -0.0106. The number of halogens is 1. The Morgan fingerprint density at radius 1 is 1.24 bits per heavy atom. The number of nitriles is 1. The Hall–Kier alpha value is -1.59. The van der Waals surface area contributed by atoms with Crippen LogP contribution in [0, 0.1) is 11.3 Å². The predicted molar refractivity (Wildman–Crippen MR) is 70.2 cm³/mol. The molecule has 0 aliphatic carbocycles. The van der Waals surface area contributed by atoms with Crippen LogP contribution in [0.15, 0.2) is 24.3 Å². The molecule has 1 heterocycles. The highest BCUT2D eigenvalue weighted by molar-refractivity contribution is 6.35. The van der Waals surface area contributed by atoms with E-state index in [1.807, 2.05) is 12.1 Å². The number of hydrogen-bond donors (Lipinski definition) is 0. The van der Waals surface area contributed by atoms with Crippen LogP contribution in [0.1, 0.15) is 32.0 Å². The van der Waals surface area contributed by atoms with Crippen LogP contribution in [0.2, 0.25) is 5.02 Å². The molecule has 1 aromatic carbocycles. The van der Waals surface area contributed by atoms with E-state index in [9.17, 15) is 0 Å². The average Bonchev–Trinajstić information content (AvgIpc) is 2.27. The van der Waals surface area contributed by atoms with Crippen LogP contribution in [0.4, 0.5) is 0 Å². The van der Waals surface area contributed by atoms with Crippen molar-refractivity contribution in [3.8, 4) is 6.07 Å². The van der Waals surface area contributed by atoms with Gasteiger partial charge in [-0.3, -0.25) is 4.98 Å². The highest BCUT2D eigenvalue weighted by atomic mass is 35.5. The minimum Gasteiger partial charge on any atom is -0.252 e. The van der Waals surface area contributed by atoms with Crippen LogP contribution in [-0.2, 0) is 5.41 Å². The van der Waals surface area contributed by atoms with Gasteiger partial charge < -0.3 is 0 Å². The molecule has 86 valence electrons. The number of benzene rings is 1. The highest BCUT2D eigenvalue weighted by Gasteiger charge is 2.16. The topological polar surface area (TPSA) is 36.7 Å². The van der Waals surface area contributed by atoms with Gasteiger partial charge in [0.15, 0.2) is 0 Å². The van der Waals surface area contributed by atoms with Crippen molar-refractivity contribution >= 4 is 22.5 Å². The molecule has 0 N–H and O–H groups in total. The Balaban J connectivity index is 2.73. The summed E-state index contributed by atoms with van der Waals surface area (Å²) in [6.07, 6.45) is 0. The van der Waals surface area contributed by atoms with Gasteiger partial charge in [0.05, 0.1) is 22.2 Å². The second-order valence-electron chi connectivity index (χ2n) is 5.08. The van der Waals surface area contributed by atoms with Crippen molar-refractivity contribution in [2.24, 2.45) is 0 Å². The molecule has 1 aromatic heterocycles. The van der Waals surface area contributed by atoms with Gasteiger partial charge in [0.25, 0.3) is 0 Å². The first-order valence-electron chi connectivity index (χ1n) is 5.43. The summed E-state index contributed by atoms with van der Waals surface area (Å²) >= 11 is 6.12. The van der Waals surface area contributed by atoms with E-state index in [0.717, 1.165) is 16.6 Å². The molecular formula is C14H13ClN2. The van der Waals surface area contributed by atoms with E-state index in [4.69, 9.17) is 16.9 Å². The molecule has 17 heavy (non-hydrogen) atoms. The number of fused-ring (bicyclic) bond motifs is 1. The van der Waals surface area contributed by atoms with E-state index >= 15 is 0 Å². The van der Waals surface area contributed by atoms with Crippen LogP contribution >= 0.6 is 11.6 Å². The Labute approximate surface area is 106 Å². The van der Waals surface area contributed by atoms with E-state index in [1.54, 1.807) is 12.1 Å². The summed E-state index contributed by atoms with van der Waals surface area (Å²) in [5, 5.41) is 10.4. The highest BCUT2D eigenvalue weighted by Crippen LogP contribution is 2.27. The summed E-state index contributed by atoms with van der Waals surface area (Å²) in [5.74, 6) is 0. The minimum absolute atomic E-state index is 0.0106. The van der Waals surface area contributed by atoms with Crippen LogP contribution in [-0.4, -0.2) is 4.98 Å². The monoisotopic (exact) mass is 244 g/mol. The summed E-state index contributed by atoms with van der Waals surface area (Å²) in [6, 6.07) is 9.49. The predicted octanol–water partition coefficient (Wildman–Crippen LogP) is 4.06. The fourth-order valence-electron chi connectivity index (χ4n) is 1.67. The van der Waals surface area contributed by atoms with Crippen molar-refractivity contribution < 1.29 is 0 Å². The molecule has 0 saturated heterocycles. The smallest absolute Gasteiger partial charge is 0.0992 e. The van der Waals surface area contributed by atoms with Gasteiger partial charge in [-0.1, -0.05) is 32.4 Å². The van der Waals surface area contributed by atoms with Crippen molar-refractivity contribution in [1.29, 1.82) is 5.26 Å². The molecule has 0 aliphatic rings. The van der Waals surface area contributed by atoms with Gasteiger partial charge in [0, 0.05) is 16.5 Å². The van der Waals surface area contributed by atoms with Crippen LogP contribution in [0.25, 0.3) is 10.9 Å². The van der Waals surface area contributed by atoms with Crippen molar-refractivity contribution in [3.05, 3.63) is 40.5 Å². The number of hydrogen-bond acceptors (Lipinski definition) is 2. The first kappa shape index (κ1) is 11.9. The molecule has 0 unspecified atom stereocenters. The van der Waals surface area contributed by atoms with E-state index in [0.29, 0.717) is 10.6 Å². The summed E-state index contributed by atoms with van der Waals surface area (Å²) in [4.78, 5) is 4.58. The molecule has 0 fully saturated rings. The summed E-state index contributed by atoms with van der Waals surface area (Å²) in [6.45, 7) is 6.32. The van der Waals surface area contributed by atoms with Crippen molar-refractivity contribution in [1.82, 2.24) is 4.98 Å². The van der Waals surface area contributed by atoms with Gasteiger partial charge in [0.2, 0.25) is 0 Å². The Morgan fingerprint density at radius 2 is 1.94 bits per heavy atom. The number of pyridine rings is 1. The Bertz CT molecular complexity index is 618. The SMILES string of the molecule is CC(C)(C)c1ccc2c(Cl)cc(C#N)cc2n1. The lowest BCUT2D eigenvalue weighted by Crippen LogP contribution is -2.13. The number of nitrogens with zero attached hydrogens (tertiary/aromatic N) is 2.